The number of fused-ring (bicyclic) bond motifs is 1. The molecule has 0 atom stereocenters. The van der Waals surface area contributed by atoms with Crippen molar-refractivity contribution in [1.82, 2.24) is 5.43 Å². The number of furan rings is 1. The molecule has 5 heteroatoms. The smallest absolute Gasteiger partial charge is 0.307 e. The van der Waals surface area contributed by atoms with E-state index in [0.29, 0.717) is 12.2 Å². The van der Waals surface area contributed by atoms with Gasteiger partial charge in [0.25, 0.3) is 0 Å². The zero-order valence-corrected chi connectivity index (χ0v) is 13.8. The fraction of sp³-hybridized carbons (Fsp3) is 0.100. The molecule has 0 aliphatic carbocycles. The summed E-state index contributed by atoms with van der Waals surface area (Å²) in [5.41, 5.74) is 4.12. The van der Waals surface area contributed by atoms with Crippen LogP contribution in [0.5, 0.6) is 5.75 Å². The van der Waals surface area contributed by atoms with E-state index in [1.807, 2.05) is 55.5 Å². The lowest BCUT2D eigenvalue weighted by Crippen LogP contribution is -2.16. The van der Waals surface area contributed by atoms with Gasteiger partial charge in [0.1, 0.15) is 11.3 Å². The summed E-state index contributed by atoms with van der Waals surface area (Å²) in [6.45, 7) is 2.50. The lowest BCUT2D eigenvalue weighted by molar-refractivity contribution is 0.0929. The fourth-order valence-corrected chi connectivity index (χ4v) is 2.30. The van der Waals surface area contributed by atoms with E-state index in [0.717, 1.165) is 16.7 Å². The van der Waals surface area contributed by atoms with E-state index in [9.17, 15) is 4.79 Å². The third kappa shape index (κ3) is 4.35. The molecule has 25 heavy (non-hydrogen) atoms. The van der Waals surface area contributed by atoms with Gasteiger partial charge in [0.2, 0.25) is 0 Å². The summed E-state index contributed by atoms with van der Waals surface area (Å²) in [5.74, 6) is 0.540. The van der Waals surface area contributed by atoms with Gasteiger partial charge < -0.3 is 9.15 Å². The van der Waals surface area contributed by atoms with Crippen molar-refractivity contribution in [2.75, 3.05) is 6.61 Å². The number of carbonyl (C=O) groups is 1. The Morgan fingerprint density at radius 2 is 2.04 bits per heavy atom. The van der Waals surface area contributed by atoms with Crippen LogP contribution >= 0.6 is 0 Å². The van der Waals surface area contributed by atoms with Crippen LogP contribution in [0, 0.1) is 0 Å². The van der Waals surface area contributed by atoms with E-state index in [-0.39, 0.29) is 5.76 Å². The highest BCUT2D eigenvalue weighted by atomic mass is 16.5. The number of hydrogen-bond donors (Lipinski definition) is 1. The maximum Gasteiger partial charge on any atom is 0.307 e. The molecule has 0 bridgehead atoms. The topological polar surface area (TPSA) is 63.8 Å². The van der Waals surface area contributed by atoms with Crippen LogP contribution in [-0.4, -0.2) is 18.7 Å². The van der Waals surface area contributed by atoms with E-state index in [1.165, 1.54) is 6.21 Å². The Balaban J connectivity index is 1.62. The Labute approximate surface area is 145 Å². The van der Waals surface area contributed by atoms with Crippen molar-refractivity contribution in [1.29, 1.82) is 0 Å². The van der Waals surface area contributed by atoms with Crippen molar-refractivity contribution in [2.24, 2.45) is 5.10 Å². The minimum Gasteiger partial charge on any atom is -0.494 e. The minimum absolute atomic E-state index is 0.202. The molecular formula is C20H18N2O3. The number of rotatable bonds is 6. The molecule has 0 fully saturated rings. The number of hydrazone groups is 1. The van der Waals surface area contributed by atoms with E-state index in [2.05, 4.69) is 10.5 Å². The number of hydrogen-bond acceptors (Lipinski definition) is 4. The van der Waals surface area contributed by atoms with Gasteiger partial charge >= 0.3 is 5.91 Å². The van der Waals surface area contributed by atoms with Gasteiger partial charge in [-0.05, 0) is 42.8 Å². The molecular weight excluding hydrogens is 316 g/mol. The Morgan fingerprint density at radius 3 is 2.84 bits per heavy atom. The first-order valence-corrected chi connectivity index (χ1v) is 7.98. The lowest BCUT2D eigenvalue weighted by atomic mass is 10.2. The van der Waals surface area contributed by atoms with Gasteiger partial charge in [-0.25, -0.2) is 5.43 Å². The quantitative estimate of drug-likeness (QED) is 0.541. The first-order chi connectivity index (χ1) is 12.3. The largest absolute Gasteiger partial charge is 0.494 e. The first-order valence-electron chi connectivity index (χ1n) is 7.98. The van der Waals surface area contributed by atoms with Crippen LogP contribution in [0.3, 0.4) is 0 Å². The summed E-state index contributed by atoms with van der Waals surface area (Å²) in [6.07, 6.45) is 5.16. The number of nitrogens with zero attached hydrogens (tertiary/aromatic N) is 1. The van der Waals surface area contributed by atoms with Crippen LogP contribution in [-0.2, 0) is 0 Å². The molecule has 2 aromatic carbocycles. The molecule has 0 aliphatic rings. The number of benzene rings is 2. The number of allylic oxidation sites excluding steroid dienone is 1. The molecule has 3 aromatic rings. The van der Waals surface area contributed by atoms with Crippen molar-refractivity contribution >= 4 is 29.2 Å². The molecule has 3 rings (SSSR count). The van der Waals surface area contributed by atoms with Gasteiger partial charge in [-0.15, -0.1) is 0 Å². The maximum atomic E-state index is 12.1. The Morgan fingerprint density at radius 1 is 1.20 bits per heavy atom. The molecule has 5 nitrogen and oxygen atoms in total. The highest BCUT2D eigenvalue weighted by Gasteiger charge is 2.12. The van der Waals surface area contributed by atoms with Gasteiger partial charge in [-0.3, -0.25) is 4.79 Å². The van der Waals surface area contributed by atoms with E-state index in [4.69, 9.17) is 9.15 Å². The Hall–Kier alpha value is -3.34. The standard InChI is InChI=1S/C20H18N2O3/c1-2-24-17-10-11-18-16(13-17)14-19(25-18)20(23)22-21-12-6-9-15-7-4-3-5-8-15/h3-14H,2H2,1H3,(H,22,23). The molecule has 0 saturated heterocycles. The molecule has 1 heterocycles. The van der Waals surface area contributed by atoms with Gasteiger partial charge in [0.05, 0.1) is 6.61 Å². The summed E-state index contributed by atoms with van der Waals surface area (Å²) < 4.78 is 11.0. The highest BCUT2D eigenvalue weighted by molar-refractivity contribution is 5.96. The third-order valence-corrected chi connectivity index (χ3v) is 3.44. The molecule has 0 spiro atoms. The monoisotopic (exact) mass is 334 g/mol. The van der Waals surface area contributed by atoms with Crippen LogP contribution < -0.4 is 10.2 Å². The van der Waals surface area contributed by atoms with E-state index >= 15 is 0 Å². The van der Waals surface area contributed by atoms with Crippen LogP contribution in [0.2, 0.25) is 0 Å². The van der Waals surface area contributed by atoms with E-state index in [1.54, 1.807) is 18.2 Å². The van der Waals surface area contributed by atoms with Crippen molar-refractivity contribution < 1.29 is 13.9 Å². The zero-order chi connectivity index (χ0) is 17.5. The molecule has 1 amide bonds. The van der Waals surface area contributed by atoms with Gasteiger partial charge in [-0.2, -0.15) is 5.10 Å². The number of carbonyl (C=O) groups excluding carboxylic acids is 1. The van der Waals surface area contributed by atoms with Gasteiger partial charge in [0.15, 0.2) is 5.76 Å². The number of ether oxygens (including phenoxy) is 1. The fourth-order valence-electron chi connectivity index (χ4n) is 2.30. The average Bonchev–Trinajstić information content (AvgIpc) is 3.06. The number of amides is 1. The maximum absolute atomic E-state index is 12.1. The zero-order valence-electron chi connectivity index (χ0n) is 13.8. The van der Waals surface area contributed by atoms with Gasteiger partial charge in [-0.1, -0.05) is 36.4 Å². The summed E-state index contributed by atoms with van der Waals surface area (Å²) in [5, 5.41) is 4.69. The SMILES string of the molecule is CCOc1ccc2oc(C(=O)NN=CC=Cc3ccccc3)cc2c1. The van der Waals surface area contributed by atoms with Gasteiger partial charge in [0, 0.05) is 11.6 Å². The summed E-state index contributed by atoms with van der Waals surface area (Å²) in [4.78, 5) is 12.1. The molecule has 1 aromatic heterocycles. The summed E-state index contributed by atoms with van der Waals surface area (Å²) in [6, 6.07) is 16.9. The minimum atomic E-state index is -0.404. The second-order valence-electron chi connectivity index (χ2n) is 5.23. The van der Waals surface area contributed by atoms with Crippen molar-refractivity contribution in [3.05, 3.63) is 72.0 Å². The Bertz CT molecular complexity index is 911. The predicted molar refractivity (Wildman–Crippen MR) is 98.8 cm³/mol. The third-order valence-electron chi connectivity index (χ3n) is 3.44. The second-order valence-corrected chi connectivity index (χ2v) is 5.23. The van der Waals surface area contributed by atoms with Crippen molar-refractivity contribution in [3.8, 4) is 5.75 Å². The van der Waals surface area contributed by atoms with Crippen LogP contribution in [0.25, 0.3) is 17.0 Å². The second kappa shape index (κ2) is 7.97. The van der Waals surface area contributed by atoms with Crippen LogP contribution in [0.1, 0.15) is 23.0 Å². The molecule has 0 saturated carbocycles. The van der Waals surface area contributed by atoms with Crippen LogP contribution in [0.4, 0.5) is 0 Å². The predicted octanol–water partition coefficient (Wildman–Crippen LogP) is 4.26. The molecule has 0 aliphatic heterocycles. The molecule has 0 unspecified atom stereocenters. The summed E-state index contributed by atoms with van der Waals surface area (Å²) in [7, 11) is 0. The molecule has 126 valence electrons. The van der Waals surface area contributed by atoms with Crippen molar-refractivity contribution in [2.45, 2.75) is 6.92 Å². The Kier molecular flexibility index (Phi) is 5.26. The summed E-state index contributed by atoms with van der Waals surface area (Å²) >= 11 is 0. The van der Waals surface area contributed by atoms with Crippen LogP contribution in [0.15, 0.2) is 70.2 Å². The first kappa shape index (κ1) is 16.5. The molecule has 1 N–H and O–H groups in total. The van der Waals surface area contributed by atoms with E-state index < -0.39 is 5.91 Å². The highest BCUT2D eigenvalue weighted by Crippen LogP contribution is 2.24. The lowest BCUT2D eigenvalue weighted by Gasteiger charge is -2.00. The van der Waals surface area contributed by atoms with Crippen molar-refractivity contribution in [3.63, 3.8) is 0 Å². The number of nitrogens with one attached hydrogen (secondary N) is 1. The normalized spacial score (nSPS) is 11.4. The average molecular weight is 334 g/mol. The molecule has 0 radical (unpaired) electrons.